The zero-order chi connectivity index (χ0) is 16.8. The third-order valence-corrected chi connectivity index (χ3v) is 3.07. The van der Waals surface area contributed by atoms with Gasteiger partial charge in [-0.1, -0.05) is 12.1 Å². The van der Waals surface area contributed by atoms with Crippen molar-refractivity contribution in [2.24, 2.45) is 0 Å². The molecular weight excluding hydrogens is 298 g/mol. The molecule has 1 N–H and O–H groups in total. The van der Waals surface area contributed by atoms with Crippen LogP contribution < -0.4 is 9.47 Å². The summed E-state index contributed by atoms with van der Waals surface area (Å²) in [5.74, 6) is 1.33. The van der Waals surface area contributed by atoms with Crippen LogP contribution >= 0.6 is 0 Å². The molecule has 0 radical (unpaired) electrons. The fraction of sp³-hybridized carbons (Fsp3) is 0.294. The van der Waals surface area contributed by atoms with Gasteiger partial charge in [-0.15, -0.1) is 0 Å². The Kier molecular flexibility index (Phi) is 5.54. The van der Waals surface area contributed by atoms with Crippen molar-refractivity contribution in [3.05, 3.63) is 64.2 Å². The van der Waals surface area contributed by atoms with Gasteiger partial charge in [0.1, 0.15) is 24.2 Å². The topological polar surface area (TPSA) is 81.8 Å². The smallest absolute Gasteiger partial charge is 0.269 e. The van der Waals surface area contributed by atoms with Crippen molar-refractivity contribution in [2.45, 2.75) is 26.1 Å². The van der Waals surface area contributed by atoms with Crippen LogP contribution in [0.3, 0.4) is 0 Å². The molecule has 0 spiro atoms. The number of hydrogen-bond acceptors (Lipinski definition) is 5. The van der Waals surface area contributed by atoms with Crippen LogP contribution in [0, 0.1) is 10.1 Å². The quantitative estimate of drug-likeness (QED) is 0.624. The number of nitrogens with zero attached hydrogens (tertiary/aromatic N) is 1. The fourth-order valence-corrected chi connectivity index (χ4v) is 2.00. The van der Waals surface area contributed by atoms with Gasteiger partial charge in [0.25, 0.3) is 5.69 Å². The van der Waals surface area contributed by atoms with Crippen molar-refractivity contribution < 1.29 is 19.5 Å². The van der Waals surface area contributed by atoms with Gasteiger partial charge in [-0.2, -0.15) is 0 Å². The van der Waals surface area contributed by atoms with Crippen LogP contribution in [0.25, 0.3) is 0 Å². The molecule has 6 nitrogen and oxygen atoms in total. The molecule has 6 heteroatoms. The highest BCUT2D eigenvalue weighted by molar-refractivity contribution is 5.35. The standard InChI is InChI=1S/C17H19NO5/c1-12(2)23-16-8-6-15(7-9-16)22-11-17(19)13-4-3-5-14(10-13)18(20)21/h3-10,12,17,19H,11H2,1-2H3. The summed E-state index contributed by atoms with van der Waals surface area (Å²) < 4.78 is 11.0. The lowest BCUT2D eigenvalue weighted by Gasteiger charge is -2.14. The van der Waals surface area contributed by atoms with Gasteiger partial charge in [-0.05, 0) is 43.7 Å². The van der Waals surface area contributed by atoms with Crippen molar-refractivity contribution in [3.8, 4) is 11.5 Å². The maximum Gasteiger partial charge on any atom is 0.269 e. The Labute approximate surface area is 134 Å². The zero-order valence-electron chi connectivity index (χ0n) is 13.0. The summed E-state index contributed by atoms with van der Waals surface area (Å²) in [7, 11) is 0. The highest BCUT2D eigenvalue weighted by atomic mass is 16.6. The molecule has 0 aliphatic rings. The van der Waals surface area contributed by atoms with Crippen LogP contribution in [-0.4, -0.2) is 22.7 Å². The van der Waals surface area contributed by atoms with Crippen LogP contribution in [0.1, 0.15) is 25.5 Å². The lowest BCUT2D eigenvalue weighted by Crippen LogP contribution is -2.10. The molecule has 0 saturated carbocycles. The maximum atomic E-state index is 10.7. The van der Waals surface area contributed by atoms with Crippen molar-refractivity contribution in [2.75, 3.05) is 6.61 Å². The molecule has 1 atom stereocenters. The van der Waals surface area contributed by atoms with E-state index in [4.69, 9.17) is 9.47 Å². The molecule has 0 saturated heterocycles. The van der Waals surface area contributed by atoms with E-state index in [9.17, 15) is 15.2 Å². The second-order valence-corrected chi connectivity index (χ2v) is 5.32. The molecule has 0 heterocycles. The van der Waals surface area contributed by atoms with Crippen molar-refractivity contribution in [1.29, 1.82) is 0 Å². The van der Waals surface area contributed by atoms with Crippen LogP contribution in [-0.2, 0) is 0 Å². The number of nitro groups is 1. The van der Waals surface area contributed by atoms with Crippen LogP contribution in [0.2, 0.25) is 0 Å². The predicted molar refractivity (Wildman–Crippen MR) is 85.8 cm³/mol. The lowest BCUT2D eigenvalue weighted by atomic mass is 10.1. The van der Waals surface area contributed by atoms with Crippen LogP contribution in [0.5, 0.6) is 11.5 Å². The Bertz CT molecular complexity index is 654. The number of aliphatic hydroxyl groups excluding tert-OH is 1. The summed E-state index contributed by atoms with van der Waals surface area (Å²) in [5.41, 5.74) is 0.385. The third-order valence-electron chi connectivity index (χ3n) is 3.07. The summed E-state index contributed by atoms with van der Waals surface area (Å²) in [4.78, 5) is 10.2. The normalized spacial score (nSPS) is 12.0. The van der Waals surface area contributed by atoms with Crippen molar-refractivity contribution in [1.82, 2.24) is 0 Å². The van der Waals surface area contributed by atoms with E-state index in [2.05, 4.69) is 0 Å². The fourth-order valence-electron chi connectivity index (χ4n) is 2.00. The van der Waals surface area contributed by atoms with E-state index in [1.54, 1.807) is 30.3 Å². The summed E-state index contributed by atoms with van der Waals surface area (Å²) in [6.07, 6.45) is -0.848. The van der Waals surface area contributed by atoms with Crippen molar-refractivity contribution in [3.63, 3.8) is 0 Å². The van der Waals surface area contributed by atoms with Gasteiger partial charge in [0.15, 0.2) is 0 Å². The van der Waals surface area contributed by atoms with E-state index in [1.165, 1.54) is 18.2 Å². The molecule has 0 fully saturated rings. The van der Waals surface area contributed by atoms with Gasteiger partial charge in [-0.3, -0.25) is 10.1 Å². The zero-order valence-corrected chi connectivity index (χ0v) is 13.0. The van der Waals surface area contributed by atoms with E-state index >= 15 is 0 Å². The summed E-state index contributed by atoms with van der Waals surface area (Å²) in [6.45, 7) is 3.89. The molecule has 0 aromatic heterocycles. The molecule has 0 amide bonds. The number of rotatable bonds is 7. The maximum absolute atomic E-state index is 10.7. The first-order valence-corrected chi connectivity index (χ1v) is 7.27. The Morgan fingerprint density at radius 3 is 2.39 bits per heavy atom. The minimum atomic E-state index is -0.943. The average Bonchev–Trinajstić information content (AvgIpc) is 2.53. The first-order chi connectivity index (χ1) is 11.0. The Hall–Kier alpha value is -2.60. The average molecular weight is 317 g/mol. The van der Waals surface area contributed by atoms with Gasteiger partial charge < -0.3 is 14.6 Å². The molecule has 0 aliphatic heterocycles. The van der Waals surface area contributed by atoms with E-state index < -0.39 is 11.0 Å². The monoisotopic (exact) mass is 317 g/mol. The van der Waals surface area contributed by atoms with E-state index in [1.807, 2.05) is 13.8 Å². The second-order valence-electron chi connectivity index (χ2n) is 5.32. The largest absolute Gasteiger partial charge is 0.491 e. The molecular formula is C17H19NO5. The number of hydrogen-bond donors (Lipinski definition) is 1. The van der Waals surface area contributed by atoms with E-state index in [-0.39, 0.29) is 18.4 Å². The third kappa shape index (κ3) is 4.96. The molecule has 0 aliphatic carbocycles. The summed E-state index contributed by atoms with van der Waals surface area (Å²) in [6, 6.07) is 13.0. The first-order valence-electron chi connectivity index (χ1n) is 7.27. The molecule has 0 bridgehead atoms. The first kappa shape index (κ1) is 16.8. The number of aliphatic hydroxyl groups is 1. The van der Waals surface area contributed by atoms with E-state index in [0.717, 1.165) is 5.75 Å². The number of ether oxygens (including phenoxy) is 2. The van der Waals surface area contributed by atoms with Gasteiger partial charge in [-0.25, -0.2) is 0 Å². The highest BCUT2D eigenvalue weighted by Gasteiger charge is 2.13. The van der Waals surface area contributed by atoms with Gasteiger partial charge in [0, 0.05) is 12.1 Å². The van der Waals surface area contributed by atoms with Gasteiger partial charge in [0.2, 0.25) is 0 Å². The number of benzene rings is 2. The van der Waals surface area contributed by atoms with Crippen molar-refractivity contribution >= 4 is 5.69 Å². The highest BCUT2D eigenvalue weighted by Crippen LogP contribution is 2.22. The summed E-state index contributed by atoms with van der Waals surface area (Å²) >= 11 is 0. The minimum Gasteiger partial charge on any atom is -0.491 e. The Morgan fingerprint density at radius 1 is 1.13 bits per heavy atom. The Balaban J connectivity index is 1.94. The Morgan fingerprint density at radius 2 is 1.78 bits per heavy atom. The molecule has 2 rings (SSSR count). The summed E-state index contributed by atoms with van der Waals surface area (Å²) in [5, 5.41) is 20.8. The van der Waals surface area contributed by atoms with E-state index in [0.29, 0.717) is 11.3 Å². The SMILES string of the molecule is CC(C)Oc1ccc(OCC(O)c2cccc([N+](=O)[O-])c2)cc1. The van der Waals surface area contributed by atoms with Crippen LogP contribution in [0.4, 0.5) is 5.69 Å². The molecule has 1 unspecified atom stereocenters. The molecule has 23 heavy (non-hydrogen) atoms. The van der Waals surface area contributed by atoms with Crippen LogP contribution in [0.15, 0.2) is 48.5 Å². The molecule has 2 aromatic rings. The van der Waals surface area contributed by atoms with Gasteiger partial charge in [0.05, 0.1) is 11.0 Å². The van der Waals surface area contributed by atoms with Gasteiger partial charge >= 0.3 is 0 Å². The number of non-ortho nitro benzene ring substituents is 1. The minimum absolute atomic E-state index is 0.00551. The number of nitro benzene ring substituents is 1. The molecule has 122 valence electrons. The molecule has 2 aromatic carbocycles. The lowest BCUT2D eigenvalue weighted by molar-refractivity contribution is -0.385. The second kappa shape index (κ2) is 7.60. The predicted octanol–water partition coefficient (Wildman–Crippen LogP) is 3.49.